The average Bonchev–Trinajstić information content (AvgIpc) is 2.47. The Labute approximate surface area is 127 Å². The van der Waals surface area contributed by atoms with Gasteiger partial charge in [0.05, 0.1) is 13.2 Å². The summed E-state index contributed by atoms with van der Waals surface area (Å²) in [6.07, 6.45) is 0. The van der Waals surface area contributed by atoms with Crippen LogP contribution in [-0.4, -0.2) is 37.1 Å². The first kappa shape index (κ1) is 17.6. The van der Waals surface area contributed by atoms with Crippen LogP contribution in [-0.2, 0) is 19.1 Å². The number of hydrogen-bond donors (Lipinski definition) is 1. The van der Waals surface area contributed by atoms with Crippen molar-refractivity contribution in [2.45, 2.75) is 26.8 Å². The summed E-state index contributed by atoms with van der Waals surface area (Å²) in [7, 11) is 0. The molecule has 0 saturated carbocycles. The maximum Gasteiger partial charge on any atom is 0.340 e. The van der Waals surface area contributed by atoms with Crippen LogP contribution in [0.15, 0.2) is 18.2 Å². The molecular formula is C15H18FNO5. The summed E-state index contributed by atoms with van der Waals surface area (Å²) in [4.78, 5) is 35.5. The molecule has 0 aliphatic carbocycles. The van der Waals surface area contributed by atoms with Crippen molar-refractivity contribution in [2.75, 3.05) is 13.2 Å². The molecule has 0 spiro atoms. The van der Waals surface area contributed by atoms with Gasteiger partial charge in [0, 0.05) is 5.56 Å². The van der Waals surface area contributed by atoms with Gasteiger partial charge in [0.1, 0.15) is 5.82 Å². The standard InChI is InChI=1S/C15H18FNO5/c1-4-21-14(19)12(15(20)22-5-2)17-13(18)10-7-6-9(3)11(16)8-10/h6-8,12H,4-5H2,1-3H3,(H,17,18). The monoisotopic (exact) mass is 311 g/mol. The van der Waals surface area contributed by atoms with E-state index in [1.807, 2.05) is 0 Å². The molecule has 1 N–H and O–H groups in total. The van der Waals surface area contributed by atoms with E-state index in [1.165, 1.54) is 12.1 Å². The Kier molecular flexibility index (Phi) is 6.49. The molecule has 0 saturated heterocycles. The van der Waals surface area contributed by atoms with Gasteiger partial charge in [-0.2, -0.15) is 0 Å². The lowest BCUT2D eigenvalue weighted by Crippen LogP contribution is -2.48. The highest BCUT2D eigenvalue weighted by Gasteiger charge is 2.31. The van der Waals surface area contributed by atoms with Crippen LogP contribution < -0.4 is 5.32 Å². The number of amides is 1. The van der Waals surface area contributed by atoms with Gasteiger partial charge in [-0.15, -0.1) is 0 Å². The number of aryl methyl sites for hydroxylation is 1. The van der Waals surface area contributed by atoms with Gasteiger partial charge in [-0.05, 0) is 38.5 Å². The van der Waals surface area contributed by atoms with Crippen LogP contribution in [0.2, 0.25) is 0 Å². The third-order valence-corrected chi connectivity index (χ3v) is 2.75. The molecule has 0 atom stereocenters. The summed E-state index contributed by atoms with van der Waals surface area (Å²) in [6.45, 7) is 4.78. The first-order valence-corrected chi connectivity index (χ1v) is 6.81. The number of benzene rings is 1. The van der Waals surface area contributed by atoms with Crippen LogP contribution >= 0.6 is 0 Å². The Morgan fingerprint density at radius 3 is 2.14 bits per heavy atom. The van der Waals surface area contributed by atoms with Crippen molar-refractivity contribution in [1.29, 1.82) is 0 Å². The zero-order valence-corrected chi connectivity index (χ0v) is 12.6. The van der Waals surface area contributed by atoms with E-state index in [2.05, 4.69) is 5.32 Å². The third kappa shape index (κ3) is 4.54. The van der Waals surface area contributed by atoms with Crippen LogP contribution in [0.3, 0.4) is 0 Å². The van der Waals surface area contributed by atoms with Gasteiger partial charge in [0.25, 0.3) is 5.91 Å². The van der Waals surface area contributed by atoms with E-state index in [9.17, 15) is 18.8 Å². The van der Waals surface area contributed by atoms with E-state index in [0.29, 0.717) is 5.56 Å². The van der Waals surface area contributed by atoms with Crippen LogP contribution in [0, 0.1) is 12.7 Å². The Bertz CT molecular complexity index is 555. The quantitative estimate of drug-likeness (QED) is 0.633. The highest BCUT2D eigenvalue weighted by Crippen LogP contribution is 2.09. The molecule has 0 fully saturated rings. The highest BCUT2D eigenvalue weighted by atomic mass is 19.1. The summed E-state index contributed by atoms with van der Waals surface area (Å²) >= 11 is 0. The Morgan fingerprint density at radius 2 is 1.68 bits per heavy atom. The summed E-state index contributed by atoms with van der Waals surface area (Å²) in [5.41, 5.74) is 0.366. The van der Waals surface area contributed by atoms with Crippen molar-refractivity contribution < 1.29 is 28.2 Å². The fourth-order valence-corrected chi connectivity index (χ4v) is 1.61. The van der Waals surface area contributed by atoms with Crippen LogP contribution in [0.25, 0.3) is 0 Å². The smallest absolute Gasteiger partial charge is 0.340 e. The van der Waals surface area contributed by atoms with Gasteiger partial charge in [-0.25, -0.2) is 14.0 Å². The largest absolute Gasteiger partial charge is 0.464 e. The highest BCUT2D eigenvalue weighted by molar-refractivity contribution is 6.05. The molecular weight excluding hydrogens is 293 g/mol. The number of nitrogens with one attached hydrogen (secondary N) is 1. The second-order valence-electron chi connectivity index (χ2n) is 4.37. The van der Waals surface area contributed by atoms with E-state index >= 15 is 0 Å². The predicted octanol–water partition coefficient (Wildman–Crippen LogP) is 1.36. The Morgan fingerprint density at radius 1 is 1.14 bits per heavy atom. The van der Waals surface area contributed by atoms with Crippen LogP contribution in [0.1, 0.15) is 29.8 Å². The molecule has 120 valence electrons. The number of carbonyl (C=O) groups is 3. The SMILES string of the molecule is CCOC(=O)C(NC(=O)c1ccc(C)c(F)c1)C(=O)OCC. The zero-order chi connectivity index (χ0) is 16.7. The molecule has 1 rings (SSSR count). The van der Waals surface area contributed by atoms with Crippen LogP contribution in [0.5, 0.6) is 0 Å². The maximum absolute atomic E-state index is 13.5. The van der Waals surface area contributed by atoms with Crippen LogP contribution in [0.4, 0.5) is 4.39 Å². The molecule has 0 aliphatic heterocycles. The lowest BCUT2D eigenvalue weighted by Gasteiger charge is -2.16. The second kappa shape index (κ2) is 8.11. The number of hydrogen-bond acceptors (Lipinski definition) is 5. The third-order valence-electron chi connectivity index (χ3n) is 2.75. The topological polar surface area (TPSA) is 81.7 Å². The first-order valence-electron chi connectivity index (χ1n) is 6.81. The summed E-state index contributed by atoms with van der Waals surface area (Å²) < 4.78 is 22.9. The van der Waals surface area contributed by atoms with Gasteiger partial charge in [-0.3, -0.25) is 4.79 Å². The number of carbonyl (C=O) groups excluding carboxylic acids is 3. The van der Waals surface area contributed by atoms with Gasteiger partial charge in [0.2, 0.25) is 6.04 Å². The molecule has 6 nitrogen and oxygen atoms in total. The van der Waals surface area contributed by atoms with Gasteiger partial charge in [0.15, 0.2) is 0 Å². The Hall–Kier alpha value is -2.44. The first-order chi connectivity index (χ1) is 10.4. The molecule has 0 unspecified atom stereocenters. The molecule has 0 aromatic heterocycles. The van der Waals surface area contributed by atoms with Crippen molar-refractivity contribution in [2.24, 2.45) is 0 Å². The van der Waals surface area contributed by atoms with Gasteiger partial charge in [-0.1, -0.05) is 6.07 Å². The normalized spacial score (nSPS) is 10.2. The zero-order valence-electron chi connectivity index (χ0n) is 12.6. The van der Waals surface area contributed by atoms with Crippen molar-refractivity contribution in [3.63, 3.8) is 0 Å². The lowest BCUT2D eigenvalue weighted by molar-refractivity contribution is -0.157. The van der Waals surface area contributed by atoms with E-state index in [-0.39, 0.29) is 18.8 Å². The molecule has 0 radical (unpaired) electrons. The lowest BCUT2D eigenvalue weighted by atomic mass is 10.1. The molecule has 0 aliphatic rings. The van der Waals surface area contributed by atoms with Crippen molar-refractivity contribution >= 4 is 17.8 Å². The Balaban J connectivity index is 2.92. The molecule has 1 aromatic carbocycles. The number of rotatable bonds is 6. The number of esters is 2. The van der Waals surface area contributed by atoms with Crippen molar-refractivity contribution in [1.82, 2.24) is 5.32 Å². The fourth-order valence-electron chi connectivity index (χ4n) is 1.61. The molecule has 22 heavy (non-hydrogen) atoms. The number of ether oxygens (including phenoxy) is 2. The minimum absolute atomic E-state index is 0.0123. The minimum Gasteiger partial charge on any atom is -0.464 e. The van der Waals surface area contributed by atoms with E-state index in [4.69, 9.17) is 9.47 Å². The van der Waals surface area contributed by atoms with E-state index in [0.717, 1.165) is 6.07 Å². The van der Waals surface area contributed by atoms with Crippen molar-refractivity contribution in [3.8, 4) is 0 Å². The average molecular weight is 311 g/mol. The molecule has 1 amide bonds. The minimum atomic E-state index is -1.59. The number of halogens is 1. The summed E-state index contributed by atoms with van der Waals surface area (Å²) in [6, 6.07) is 2.25. The van der Waals surface area contributed by atoms with Crippen molar-refractivity contribution in [3.05, 3.63) is 35.1 Å². The van der Waals surface area contributed by atoms with E-state index < -0.39 is 29.7 Å². The van der Waals surface area contributed by atoms with Gasteiger partial charge >= 0.3 is 11.9 Å². The van der Waals surface area contributed by atoms with E-state index in [1.54, 1.807) is 20.8 Å². The molecule has 0 heterocycles. The summed E-state index contributed by atoms with van der Waals surface area (Å²) in [5, 5.41) is 2.19. The van der Waals surface area contributed by atoms with Gasteiger partial charge < -0.3 is 14.8 Å². The fraction of sp³-hybridized carbons (Fsp3) is 0.400. The second-order valence-corrected chi connectivity index (χ2v) is 4.37. The molecule has 1 aromatic rings. The summed E-state index contributed by atoms with van der Waals surface area (Å²) in [5.74, 6) is -3.19. The molecule has 7 heteroatoms. The predicted molar refractivity (Wildman–Crippen MR) is 75.7 cm³/mol. The maximum atomic E-state index is 13.5. The molecule has 0 bridgehead atoms.